The fourth-order valence-electron chi connectivity index (χ4n) is 2.45. The minimum absolute atomic E-state index is 0.860. The van der Waals surface area contributed by atoms with E-state index in [0.717, 1.165) is 12.3 Å². The van der Waals surface area contributed by atoms with E-state index in [1.807, 2.05) is 0 Å². The van der Waals surface area contributed by atoms with Gasteiger partial charge in [-0.2, -0.15) is 0 Å². The molecular weight excluding hydrogens is 192 g/mol. The van der Waals surface area contributed by atoms with Crippen molar-refractivity contribution >= 4 is 0 Å². The molecule has 1 fully saturated rings. The normalized spacial score (nSPS) is 18.1. The van der Waals surface area contributed by atoms with E-state index in [2.05, 4.69) is 43.3 Å². The minimum Gasteiger partial charge on any atom is -0.0851 e. The SMILES string of the molecule is Cc1ccc(C/C=C/C2CCCCC2)cc1. The van der Waals surface area contributed by atoms with Crippen LogP contribution in [0.3, 0.4) is 0 Å². The molecule has 86 valence electrons. The first-order valence-corrected chi connectivity index (χ1v) is 6.57. The van der Waals surface area contributed by atoms with E-state index in [9.17, 15) is 0 Å². The van der Waals surface area contributed by atoms with Crippen LogP contribution in [-0.4, -0.2) is 0 Å². The first-order valence-electron chi connectivity index (χ1n) is 6.57. The Kier molecular flexibility index (Phi) is 4.21. The van der Waals surface area contributed by atoms with Crippen molar-refractivity contribution in [2.24, 2.45) is 5.92 Å². The van der Waals surface area contributed by atoms with E-state index < -0.39 is 0 Å². The van der Waals surface area contributed by atoms with Crippen LogP contribution in [-0.2, 0) is 6.42 Å². The summed E-state index contributed by atoms with van der Waals surface area (Å²) in [4.78, 5) is 0. The van der Waals surface area contributed by atoms with Crippen LogP contribution in [0.15, 0.2) is 36.4 Å². The fraction of sp³-hybridized carbons (Fsp3) is 0.500. The smallest absolute Gasteiger partial charge is 0.00973 e. The van der Waals surface area contributed by atoms with Crippen molar-refractivity contribution in [1.82, 2.24) is 0 Å². The predicted octanol–water partition coefficient (Wildman–Crippen LogP) is 4.67. The van der Waals surface area contributed by atoms with Gasteiger partial charge >= 0.3 is 0 Å². The summed E-state index contributed by atoms with van der Waals surface area (Å²) in [5.41, 5.74) is 2.78. The first kappa shape index (κ1) is 11.4. The Labute approximate surface area is 99.4 Å². The van der Waals surface area contributed by atoms with Crippen molar-refractivity contribution in [3.05, 3.63) is 47.5 Å². The minimum atomic E-state index is 0.860. The molecule has 0 radical (unpaired) electrons. The number of benzene rings is 1. The lowest BCUT2D eigenvalue weighted by atomic mass is 9.89. The molecule has 1 aliphatic carbocycles. The molecule has 0 unspecified atom stereocenters. The molecule has 0 heterocycles. The molecule has 0 bridgehead atoms. The quantitative estimate of drug-likeness (QED) is 0.641. The summed E-state index contributed by atoms with van der Waals surface area (Å²) < 4.78 is 0. The maximum Gasteiger partial charge on any atom is -0.00973 e. The Hall–Kier alpha value is -1.04. The van der Waals surface area contributed by atoms with E-state index in [4.69, 9.17) is 0 Å². The van der Waals surface area contributed by atoms with E-state index in [-0.39, 0.29) is 0 Å². The van der Waals surface area contributed by atoms with Crippen molar-refractivity contribution in [2.45, 2.75) is 45.4 Å². The van der Waals surface area contributed by atoms with Crippen LogP contribution in [0.25, 0.3) is 0 Å². The molecule has 0 N–H and O–H groups in total. The van der Waals surface area contributed by atoms with Crippen molar-refractivity contribution in [3.8, 4) is 0 Å². The highest BCUT2D eigenvalue weighted by Gasteiger charge is 2.09. The van der Waals surface area contributed by atoms with Crippen LogP contribution in [0.1, 0.15) is 43.2 Å². The van der Waals surface area contributed by atoms with E-state index >= 15 is 0 Å². The van der Waals surface area contributed by atoms with Gasteiger partial charge in [-0.3, -0.25) is 0 Å². The molecule has 1 aliphatic rings. The van der Waals surface area contributed by atoms with Gasteiger partial charge in [-0.05, 0) is 37.7 Å². The molecule has 0 aromatic heterocycles. The summed E-state index contributed by atoms with van der Waals surface area (Å²) in [6.45, 7) is 2.14. The lowest BCUT2D eigenvalue weighted by Crippen LogP contribution is -2.02. The van der Waals surface area contributed by atoms with Gasteiger partial charge in [-0.1, -0.05) is 61.2 Å². The Morgan fingerprint density at radius 1 is 1.06 bits per heavy atom. The van der Waals surface area contributed by atoms with Crippen molar-refractivity contribution in [2.75, 3.05) is 0 Å². The highest BCUT2D eigenvalue weighted by molar-refractivity contribution is 5.23. The maximum atomic E-state index is 2.44. The summed E-state index contributed by atoms with van der Waals surface area (Å²) in [6, 6.07) is 8.87. The van der Waals surface area contributed by atoms with Crippen LogP contribution < -0.4 is 0 Å². The van der Waals surface area contributed by atoms with Gasteiger partial charge in [0.25, 0.3) is 0 Å². The molecule has 1 aromatic rings. The second kappa shape index (κ2) is 5.89. The second-order valence-corrected chi connectivity index (χ2v) is 5.02. The summed E-state index contributed by atoms with van der Waals surface area (Å²) in [7, 11) is 0. The lowest BCUT2D eigenvalue weighted by Gasteiger charge is -2.17. The molecular formula is C16H22. The van der Waals surface area contributed by atoms with Gasteiger partial charge in [0.05, 0.1) is 0 Å². The zero-order chi connectivity index (χ0) is 11.2. The zero-order valence-corrected chi connectivity index (χ0v) is 10.3. The second-order valence-electron chi connectivity index (χ2n) is 5.02. The number of hydrogen-bond acceptors (Lipinski definition) is 0. The van der Waals surface area contributed by atoms with Crippen molar-refractivity contribution < 1.29 is 0 Å². The third-order valence-electron chi connectivity index (χ3n) is 3.53. The van der Waals surface area contributed by atoms with Gasteiger partial charge < -0.3 is 0 Å². The van der Waals surface area contributed by atoms with Crippen LogP contribution in [0.5, 0.6) is 0 Å². The van der Waals surface area contributed by atoms with Crippen LogP contribution in [0.4, 0.5) is 0 Å². The Balaban J connectivity index is 1.81. The van der Waals surface area contributed by atoms with E-state index in [1.165, 1.54) is 43.2 Å². The molecule has 0 nitrogen and oxygen atoms in total. The Morgan fingerprint density at radius 2 is 1.75 bits per heavy atom. The van der Waals surface area contributed by atoms with Gasteiger partial charge in [-0.25, -0.2) is 0 Å². The molecule has 1 aromatic carbocycles. The highest BCUT2D eigenvalue weighted by atomic mass is 14.1. The topological polar surface area (TPSA) is 0 Å². The summed E-state index contributed by atoms with van der Waals surface area (Å²) >= 11 is 0. The highest BCUT2D eigenvalue weighted by Crippen LogP contribution is 2.24. The first-order chi connectivity index (χ1) is 7.84. The van der Waals surface area contributed by atoms with E-state index in [0.29, 0.717) is 0 Å². The molecule has 0 spiro atoms. The molecule has 1 saturated carbocycles. The largest absolute Gasteiger partial charge is 0.0851 e. The van der Waals surface area contributed by atoms with E-state index in [1.54, 1.807) is 0 Å². The number of allylic oxidation sites excluding steroid dienone is 2. The number of rotatable bonds is 3. The third-order valence-corrected chi connectivity index (χ3v) is 3.53. The number of hydrogen-bond donors (Lipinski definition) is 0. The standard InChI is InChI=1S/C16H22/c1-14-10-12-16(13-11-14)9-5-8-15-6-3-2-4-7-15/h5,8,10-13,15H,2-4,6-7,9H2,1H3/b8-5+. The fourth-order valence-corrected chi connectivity index (χ4v) is 2.45. The molecule has 0 amide bonds. The molecule has 2 rings (SSSR count). The van der Waals surface area contributed by atoms with Gasteiger partial charge in [0.2, 0.25) is 0 Å². The summed E-state index contributed by atoms with van der Waals surface area (Å²) in [5, 5.41) is 0. The number of aryl methyl sites for hydroxylation is 1. The van der Waals surface area contributed by atoms with Crippen LogP contribution >= 0.6 is 0 Å². The molecule has 0 aliphatic heterocycles. The van der Waals surface area contributed by atoms with Gasteiger partial charge in [0.1, 0.15) is 0 Å². The maximum absolute atomic E-state index is 2.44. The Bertz CT molecular complexity index is 326. The Morgan fingerprint density at radius 3 is 2.44 bits per heavy atom. The average molecular weight is 214 g/mol. The molecule has 0 atom stereocenters. The summed E-state index contributed by atoms with van der Waals surface area (Å²) in [6.07, 6.45) is 13.0. The zero-order valence-electron chi connectivity index (χ0n) is 10.3. The molecule has 0 saturated heterocycles. The van der Waals surface area contributed by atoms with Crippen molar-refractivity contribution in [1.29, 1.82) is 0 Å². The van der Waals surface area contributed by atoms with Gasteiger partial charge in [0.15, 0.2) is 0 Å². The molecule has 0 heteroatoms. The van der Waals surface area contributed by atoms with Crippen LogP contribution in [0.2, 0.25) is 0 Å². The lowest BCUT2D eigenvalue weighted by molar-refractivity contribution is 0.419. The van der Waals surface area contributed by atoms with Crippen LogP contribution in [0, 0.1) is 12.8 Å². The predicted molar refractivity (Wildman–Crippen MR) is 70.6 cm³/mol. The van der Waals surface area contributed by atoms with Gasteiger partial charge in [0, 0.05) is 0 Å². The van der Waals surface area contributed by atoms with Gasteiger partial charge in [-0.15, -0.1) is 0 Å². The third kappa shape index (κ3) is 3.52. The van der Waals surface area contributed by atoms with Crippen molar-refractivity contribution in [3.63, 3.8) is 0 Å². The molecule has 16 heavy (non-hydrogen) atoms. The monoisotopic (exact) mass is 214 g/mol. The summed E-state index contributed by atoms with van der Waals surface area (Å²) in [5.74, 6) is 0.860. The average Bonchev–Trinajstić information content (AvgIpc) is 2.33.